The fourth-order valence-corrected chi connectivity index (χ4v) is 4.53. The number of ether oxygens (including phenoxy) is 1. The van der Waals surface area contributed by atoms with E-state index in [0.717, 1.165) is 24.2 Å². The summed E-state index contributed by atoms with van der Waals surface area (Å²) >= 11 is 0. The van der Waals surface area contributed by atoms with Crippen LogP contribution in [-0.2, 0) is 9.31 Å². The maximum atomic E-state index is 6.28. The predicted octanol–water partition coefficient (Wildman–Crippen LogP) is 6.30. The number of hydrogen-bond donors (Lipinski definition) is 0. The van der Waals surface area contributed by atoms with Crippen LogP contribution in [0.5, 0.6) is 5.75 Å². The minimum absolute atomic E-state index is 0.361. The lowest BCUT2D eigenvalue weighted by Gasteiger charge is -2.32. The number of nitrogens with zero attached hydrogens (tertiary/aromatic N) is 1. The van der Waals surface area contributed by atoms with Crippen LogP contribution in [0.25, 0.3) is 11.1 Å². The van der Waals surface area contributed by atoms with Crippen molar-refractivity contribution >= 4 is 23.7 Å². The molecule has 0 N–H and O–H groups in total. The molecule has 0 saturated carbocycles. The van der Waals surface area contributed by atoms with Gasteiger partial charge < -0.3 is 18.9 Å². The average Bonchev–Trinajstić information content (AvgIpc) is 3.10. The fraction of sp³-hybridized carbons (Fsp3) is 0.375. The van der Waals surface area contributed by atoms with Gasteiger partial charge in [0.1, 0.15) is 12.4 Å². The molecule has 0 amide bonds. The van der Waals surface area contributed by atoms with Gasteiger partial charge in [0, 0.05) is 6.54 Å². The first-order valence-electron chi connectivity index (χ1n) is 13.2. The summed E-state index contributed by atoms with van der Waals surface area (Å²) in [5.41, 5.74) is 6.43. The van der Waals surface area contributed by atoms with E-state index in [9.17, 15) is 0 Å². The Labute approximate surface area is 223 Å². The zero-order chi connectivity index (χ0) is 26.6. The summed E-state index contributed by atoms with van der Waals surface area (Å²) in [7, 11) is 3.74. The normalized spacial score (nSPS) is 17.1. The van der Waals surface area contributed by atoms with Crippen LogP contribution in [0.1, 0.15) is 57.7 Å². The summed E-state index contributed by atoms with van der Waals surface area (Å²) in [4.78, 5) is 2.12. The van der Waals surface area contributed by atoms with E-state index in [4.69, 9.17) is 14.0 Å². The van der Waals surface area contributed by atoms with Crippen LogP contribution in [-0.4, -0.2) is 50.5 Å². The van der Waals surface area contributed by atoms with Crippen molar-refractivity contribution in [1.82, 2.24) is 4.90 Å². The highest BCUT2D eigenvalue weighted by Gasteiger charge is 2.51. The highest BCUT2D eigenvalue weighted by Crippen LogP contribution is 2.37. The third kappa shape index (κ3) is 6.18. The molecule has 1 saturated heterocycles. The fourth-order valence-electron chi connectivity index (χ4n) is 4.53. The Hall–Kier alpha value is -2.86. The predicted molar refractivity (Wildman–Crippen MR) is 155 cm³/mol. The lowest BCUT2D eigenvalue weighted by Crippen LogP contribution is -2.41. The Balaban J connectivity index is 1.69. The molecule has 0 spiro atoms. The molecule has 1 aliphatic heterocycles. The third-order valence-corrected chi connectivity index (χ3v) is 7.45. The van der Waals surface area contributed by atoms with Gasteiger partial charge in [0.2, 0.25) is 0 Å². The Morgan fingerprint density at radius 1 is 0.757 bits per heavy atom. The van der Waals surface area contributed by atoms with Crippen molar-refractivity contribution in [3.8, 4) is 5.75 Å². The number of likely N-dealkylation sites (N-methyl/N-ethyl adjacent to an activating group) is 1. The van der Waals surface area contributed by atoms with Crippen molar-refractivity contribution in [1.29, 1.82) is 0 Å². The molecule has 1 fully saturated rings. The lowest BCUT2D eigenvalue weighted by atomic mass is 9.78. The molecule has 1 heterocycles. The van der Waals surface area contributed by atoms with E-state index in [1.807, 2.05) is 0 Å². The van der Waals surface area contributed by atoms with Crippen molar-refractivity contribution < 1.29 is 14.0 Å². The van der Waals surface area contributed by atoms with E-state index in [1.165, 1.54) is 27.8 Å². The number of allylic oxidation sites excluding steroid dienone is 1. The maximum Gasteiger partial charge on any atom is 0.494 e. The molecule has 4 nitrogen and oxygen atoms in total. The molecule has 3 aromatic rings. The summed E-state index contributed by atoms with van der Waals surface area (Å²) < 4.78 is 18.5. The summed E-state index contributed by atoms with van der Waals surface area (Å²) in [6.07, 6.45) is 0.916. The van der Waals surface area contributed by atoms with Gasteiger partial charge >= 0.3 is 7.12 Å². The maximum absolute atomic E-state index is 6.28. The second-order valence-electron chi connectivity index (χ2n) is 11.0. The molecule has 0 atom stereocenters. The standard InChI is InChI=1S/C32H40BNO3/c1-8-29(24-12-10-9-11-13-24)30(26-16-20-28(21-17-26)35-23-22-34(6)7)25-14-18-27(19-15-25)33-36-31(2,3)32(4,5)37-33/h9-21H,8,22-23H2,1-7H3/b30-29+. The molecule has 1 aliphatic rings. The average molecular weight is 497 g/mol. The monoisotopic (exact) mass is 497 g/mol. The van der Waals surface area contributed by atoms with Crippen molar-refractivity contribution in [2.75, 3.05) is 27.2 Å². The van der Waals surface area contributed by atoms with Gasteiger partial charge in [0.05, 0.1) is 11.2 Å². The molecule has 0 unspecified atom stereocenters. The first-order chi connectivity index (χ1) is 17.6. The first kappa shape index (κ1) is 27.2. The number of rotatable bonds is 9. The van der Waals surface area contributed by atoms with Crippen molar-refractivity contribution in [3.05, 3.63) is 95.6 Å². The molecule has 0 radical (unpaired) electrons. The van der Waals surface area contributed by atoms with E-state index >= 15 is 0 Å². The Morgan fingerprint density at radius 2 is 1.30 bits per heavy atom. The zero-order valence-electron chi connectivity index (χ0n) is 23.4. The molecule has 0 aromatic heterocycles. The molecular weight excluding hydrogens is 457 g/mol. The minimum Gasteiger partial charge on any atom is -0.492 e. The Morgan fingerprint density at radius 3 is 1.81 bits per heavy atom. The molecule has 0 aliphatic carbocycles. The van der Waals surface area contributed by atoms with Gasteiger partial charge in [-0.3, -0.25) is 0 Å². The van der Waals surface area contributed by atoms with Gasteiger partial charge in [-0.1, -0.05) is 73.7 Å². The first-order valence-corrected chi connectivity index (χ1v) is 13.2. The van der Waals surface area contributed by atoms with E-state index in [2.05, 4.69) is 132 Å². The topological polar surface area (TPSA) is 30.9 Å². The molecule has 194 valence electrons. The van der Waals surface area contributed by atoms with Gasteiger partial charge in [-0.25, -0.2) is 0 Å². The van der Waals surface area contributed by atoms with Crippen molar-refractivity contribution in [3.63, 3.8) is 0 Å². The van der Waals surface area contributed by atoms with E-state index in [0.29, 0.717) is 6.61 Å². The van der Waals surface area contributed by atoms with Gasteiger partial charge in [0.25, 0.3) is 0 Å². The van der Waals surface area contributed by atoms with E-state index < -0.39 is 0 Å². The number of benzene rings is 3. The van der Waals surface area contributed by atoms with Crippen LogP contribution >= 0.6 is 0 Å². The van der Waals surface area contributed by atoms with E-state index in [-0.39, 0.29) is 18.3 Å². The molecule has 37 heavy (non-hydrogen) atoms. The molecule has 3 aromatic carbocycles. The Bertz CT molecular complexity index is 1180. The van der Waals surface area contributed by atoms with Gasteiger partial charge in [-0.05, 0) is 93.6 Å². The minimum atomic E-state index is -0.371. The second-order valence-corrected chi connectivity index (χ2v) is 11.0. The largest absolute Gasteiger partial charge is 0.494 e. The van der Waals surface area contributed by atoms with Crippen LogP contribution in [0, 0.1) is 0 Å². The van der Waals surface area contributed by atoms with Crippen LogP contribution in [0.2, 0.25) is 0 Å². The molecule has 5 heteroatoms. The molecule has 0 bridgehead atoms. The zero-order valence-corrected chi connectivity index (χ0v) is 23.4. The smallest absolute Gasteiger partial charge is 0.492 e. The van der Waals surface area contributed by atoms with E-state index in [1.54, 1.807) is 0 Å². The van der Waals surface area contributed by atoms with Crippen LogP contribution in [0.3, 0.4) is 0 Å². The Kier molecular flexibility index (Phi) is 8.28. The van der Waals surface area contributed by atoms with Crippen molar-refractivity contribution in [2.45, 2.75) is 52.2 Å². The summed E-state index contributed by atoms with van der Waals surface area (Å²) in [6, 6.07) is 27.8. The van der Waals surface area contributed by atoms with Crippen LogP contribution in [0.15, 0.2) is 78.9 Å². The second kappa shape index (κ2) is 11.3. The van der Waals surface area contributed by atoms with Crippen LogP contribution < -0.4 is 10.2 Å². The number of hydrogen-bond acceptors (Lipinski definition) is 4. The molecule has 4 rings (SSSR count). The SMILES string of the molecule is CC/C(=C(\c1ccc(OCCN(C)C)cc1)c1ccc(B2OC(C)(C)C(C)(C)O2)cc1)c1ccccc1. The lowest BCUT2D eigenvalue weighted by molar-refractivity contribution is 0.00578. The van der Waals surface area contributed by atoms with Crippen molar-refractivity contribution in [2.24, 2.45) is 0 Å². The summed E-state index contributed by atoms with van der Waals surface area (Å²) in [5.74, 6) is 0.888. The molecular formula is C32H40BNO3. The van der Waals surface area contributed by atoms with Gasteiger partial charge in [-0.2, -0.15) is 0 Å². The third-order valence-electron chi connectivity index (χ3n) is 7.45. The van der Waals surface area contributed by atoms with Gasteiger partial charge in [0.15, 0.2) is 0 Å². The summed E-state index contributed by atoms with van der Waals surface area (Å²) in [5, 5.41) is 0. The van der Waals surface area contributed by atoms with Crippen LogP contribution in [0.4, 0.5) is 0 Å². The highest BCUT2D eigenvalue weighted by molar-refractivity contribution is 6.62. The quantitative estimate of drug-likeness (QED) is 0.257. The highest BCUT2D eigenvalue weighted by atomic mass is 16.7. The van der Waals surface area contributed by atoms with Gasteiger partial charge in [-0.15, -0.1) is 0 Å². The summed E-state index contributed by atoms with van der Waals surface area (Å²) in [6.45, 7) is 12.1.